The van der Waals surface area contributed by atoms with E-state index in [0.29, 0.717) is 31.9 Å². The van der Waals surface area contributed by atoms with Crippen LogP contribution in [0.4, 0.5) is 10.5 Å². The first-order valence-corrected chi connectivity index (χ1v) is 7.68. The molecule has 126 valence electrons. The Bertz CT molecular complexity index is 583. The first kappa shape index (κ1) is 17.1. The molecule has 0 atom stereocenters. The number of hydrogen-bond donors (Lipinski definition) is 1. The minimum absolute atomic E-state index is 0.179. The molecule has 0 radical (unpaired) electrons. The quantitative estimate of drug-likeness (QED) is 0.899. The number of pyridine rings is 1. The van der Waals surface area contributed by atoms with E-state index in [1.54, 1.807) is 17.2 Å². The number of carbonyl (C=O) groups is 2. The molecule has 1 aromatic heterocycles. The Labute approximate surface area is 135 Å². The number of hydrogen-bond acceptors (Lipinski definition) is 5. The lowest BCUT2D eigenvalue weighted by molar-refractivity contribution is 0.0263. The summed E-state index contributed by atoms with van der Waals surface area (Å²) in [5.74, 6) is -0.999. The summed E-state index contributed by atoms with van der Waals surface area (Å²) < 4.78 is 5.40. The molecule has 1 aromatic rings. The number of carboxylic acid groups (broad SMARTS) is 1. The summed E-state index contributed by atoms with van der Waals surface area (Å²) in [5.41, 5.74) is 0.293. The van der Waals surface area contributed by atoms with Crippen molar-refractivity contribution in [1.82, 2.24) is 9.88 Å². The van der Waals surface area contributed by atoms with Crippen LogP contribution in [0.15, 0.2) is 18.5 Å². The molecule has 0 aromatic carbocycles. The average molecular weight is 321 g/mol. The van der Waals surface area contributed by atoms with Crippen molar-refractivity contribution in [2.45, 2.75) is 32.8 Å². The molecule has 1 aliphatic heterocycles. The zero-order valence-corrected chi connectivity index (χ0v) is 13.8. The number of aromatic nitrogens is 1. The monoisotopic (exact) mass is 321 g/mol. The summed E-state index contributed by atoms with van der Waals surface area (Å²) in [6, 6.07) is 1.70. The molecule has 2 rings (SSSR count). The summed E-state index contributed by atoms with van der Waals surface area (Å²) in [6.45, 7) is 7.85. The van der Waals surface area contributed by atoms with Gasteiger partial charge in [0.15, 0.2) is 0 Å². The van der Waals surface area contributed by atoms with E-state index in [0.717, 1.165) is 6.42 Å². The van der Waals surface area contributed by atoms with Gasteiger partial charge in [0.2, 0.25) is 0 Å². The van der Waals surface area contributed by atoms with Crippen LogP contribution in [0, 0.1) is 0 Å². The number of aromatic carboxylic acids is 1. The lowest BCUT2D eigenvalue weighted by Gasteiger charge is -2.27. The van der Waals surface area contributed by atoms with E-state index in [1.165, 1.54) is 6.20 Å². The first-order valence-electron chi connectivity index (χ1n) is 7.68. The van der Waals surface area contributed by atoms with E-state index in [4.69, 9.17) is 4.74 Å². The van der Waals surface area contributed by atoms with Crippen LogP contribution in [0.3, 0.4) is 0 Å². The van der Waals surface area contributed by atoms with Crippen molar-refractivity contribution in [3.63, 3.8) is 0 Å². The number of anilines is 1. The maximum Gasteiger partial charge on any atom is 0.410 e. The highest BCUT2D eigenvalue weighted by molar-refractivity contribution is 5.94. The molecule has 7 nitrogen and oxygen atoms in total. The third kappa shape index (κ3) is 4.58. The predicted octanol–water partition coefficient (Wildman–Crippen LogP) is 2.23. The fraction of sp³-hybridized carbons (Fsp3) is 0.562. The van der Waals surface area contributed by atoms with Gasteiger partial charge in [0.25, 0.3) is 0 Å². The second-order valence-corrected chi connectivity index (χ2v) is 6.51. The number of carbonyl (C=O) groups excluding carboxylic acids is 1. The van der Waals surface area contributed by atoms with Crippen LogP contribution < -0.4 is 4.90 Å². The van der Waals surface area contributed by atoms with Crippen LogP contribution in [0.5, 0.6) is 0 Å². The summed E-state index contributed by atoms with van der Waals surface area (Å²) in [6.07, 6.45) is 3.36. The number of rotatable bonds is 2. The van der Waals surface area contributed by atoms with Crippen LogP contribution in [0.25, 0.3) is 0 Å². The van der Waals surface area contributed by atoms with Crippen molar-refractivity contribution >= 4 is 17.7 Å². The number of carboxylic acids is 1. The smallest absolute Gasteiger partial charge is 0.410 e. The SMILES string of the molecule is CC(C)(C)OC(=O)N1CCCN(c2ccncc2C(=O)O)CC1. The van der Waals surface area contributed by atoms with Gasteiger partial charge < -0.3 is 19.6 Å². The number of ether oxygens (including phenoxy) is 1. The summed E-state index contributed by atoms with van der Waals surface area (Å²) >= 11 is 0. The van der Waals surface area contributed by atoms with E-state index >= 15 is 0 Å². The molecule has 7 heteroatoms. The topological polar surface area (TPSA) is 83.0 Å². The van der Waals surface area contributed by atoms with Gasteiger partial charge in [-0.3, -0.25) is 4.98 Å². The van der Waals surface area contributed by atoms with E-state index in [1.807, 2.05) is 25.7 Å². The zero-order chi connectivity index (χ0) is 17.0. The Kier molecular flexibility index (Phi) is 5.08. The van der Waals surface area contributed by atoms with E-state index < -0.39 is 11.6 Å². The Morgan fingerprint density at radius 3 is 2.61 bits per heavy atom. The maximum atomic E-state index is 12.2. The first-order chi connectivity index (χ1) is 10.8. The van der Waals surface area contributed by atoms with E-state index in [-0.39, 0.29) is 11.7 Å². The van der Waals surface area contributed by atoms with E-state index in [2.05, 4.69) is 4.98 Å². The minimum atomic E-state index is -0.999. The van der Waals surface area contributed by atoms with Crippen molar-refractivity contribution in [2.75, 3.05) is 31.1 Å². The van der Waals surface area contributed by atoms with Crippen molar-refractivity contribution in [3.8, 4) is 0 Å². The molecule has 1 amide bonds. The molecular formula is C16H23N3O4. The van der Waals surface area contributed by atoms with Crippen molar-refractivity contribution in [2.24, 2.45) is 0 Å². The Hall–Kier alpha value is -2.31. The molecule has 0 spiro atoms. The highest BCUT2D eigenvalue weighted by Gasteiger charge is 2.25. The predicted molar refractivity (Wildman–Crippen MR) is 85.8 cm³/mol. The number of amides is 1. The van der Waals surface area contributed by atoms with Gasteiger partial charge in [-0.2, -0.15) is 0 Å². The largest absolute Gasteiger partial charge is 0.478 e. The van der Waals surface area contributed by atoms with Crippen molar-refractivity contribution in [3.05, 3.63) is 24.0 Å². The molecule has 1 fully saturated rings. The van der Waals surface area contributed by atoms with Gasteiger partial charge in [-0.05, 0) is 33.3 Å². The molecule has 0 saturated carbocycles. The van der Waals surface area contributed by atoms with Gasteiger partial charge in [0.1, 0.15) is 11.2 Å². The molecule has 0 unspecified atom stereocenters. The zero-order valence-electron chi connectivity index (χ0n) is 13.8. The fourth-order valence-corrected chi connectivity index (χ4v) is 2.50. The van der Waals surface area contributed by atoms with Gasteiger partial charge in [0, 0.05) is 38.6 Å². The summed E-state index contributed by atoms with van der Waals surface area (Å²) in [4.78, 5) is 31.0. The molecule has 0 bridgehead atoms. The second kappa shape index (κ2) is 6.85. The summed E-state index contributed by atoms with van der Waals surface area (Å²) in [5, 5.41) is 9.28. The molecular weight excluding hydrogens is 298 g/mol. The Morgan fingerprint density at radius 1 is 1.22 bits per heavy atom. The third-order valence-electron chi connectivity index (χ3n) is 3.52. The lowest BCUT2D eigenvalue weighted by Crippen LogP contribution is -2.39. The van der Waals surface area contributed by atoms with Crippen molar-refractivity contribution in [1.29, 1.82) is 0 Å². The minimum Gasteiger partial charge on any atom is -0.478 e. The van der Waals surface area contributed by atoms with Gasteiger partial charge >= 0.3 is 12.1 Å². The summed E-state index contributed by atoms with van der Waals surface area (Å²) in [7, 11) is 0. The highest BCUT2D eigenvalue weighted by atomic mass is 16.6. The van der Waals surface area contributed by atoms with Gasteiger partial charge in [-0.25, -0.2) is 9.59 Å². The molecule has 1 N–H and O–H groups in total. The maximum absolute atomic E-state index is 12.2. The lowest BCUT2D eigenvalue weighted by atomic mass is 10.2. The second-order valence-electron chi connectivity index (χ2n) is 6.51. The van der Waals surface area contributed by atoms with Gasteiger partial charge in [0.05, 0.1) is 5.69 Å². The molecule has 1 saturated heterocycles. The Morgan fingerprint density at radius 2 is 1.96 bits per heavy atom. The van der Waals surface area contributed by atoms with Crippen molar-refractivity contribution < 1.29 is 19.4 Å². The van der Waals surface area contributed by atoms with Crippen LogP contribution in [-0.2, 0) is 4.74 Å². The molecule has 0 aliphatic carbocycles. The fourth-order valence-electron chi connectivity index (χ4n) is 2.50. The molecule has 1 aliphatic rings. The van der Waals surface area contributed by atoms with Crippen LogP contribution in [0.2, 0.25) is 0 Å². The van der Waals surface area contributed by atoms with Crippen LogP contribution in [-0.4, -0.2) is 58.8 Å². The highest BCUT2D eigenvalue weighted by Crippen LogP contribution is 2.21. The Balaban J connectivity index is 2.07. The normalized spacial score (nSPS) is 16.0. The van der Waals surface area contributed by atoms with Crippen LogP contribution in [0.1, 0.15) is 37.6 Å². The standard InChI is InChI=1S/C16H23N3O4/c1-16(2,3)23-15(22)19-8-4-7-18(9-10-19)13-5-6-17-11-12(13)14(20)21/h5-6,11H,4,7-10H2,1-3H3,(H,20,21). The van der Waals surface area contributed by atoms with Gasteiger partial charge in [-0.15, -0.1) is 0 Å². The molecule has 2 heterocycles. The van der Waals surface area contributed by atoms with Gasteiger partial charge in [-0.1, -0.05) is 0 Å². The van der Waals surface area contributed by atoms with E-state index in [9.17, 15) is 14.7 Å². The third-order valence-corrected chi connectivity index (χ3v) is 3.52. The van der Waals surface area contributed by atoms with Crippen LogP contribution >= 0.6 is 0 Å². The number of nitrogens with zero attached hydrogens (tertiary/aromatic N) is 3. The molecule has 23 heavy (non-hydrogen) atoms. The average Bonchev–Trinajstić information content (AvgIpc) is 2.71.